The van der Waals surface area contributed by atoms with Crippen molar-refractivity contribution in [3.63, 3.8) is 0 Å². The number of carbonyl (C=O) groups excluding carboxylic acids is 2. The molecule has 1 heterocycles. The maximum Gasteiger partial charge on any atom is 0.421 e. The number of halogens is 1. The van der Waals surface area contributed by atoms with Crippen molar-refractivity contribution in [2.45, 2.75) is 12.8 Å². The molecule has 1 aromatic carbocycles. The second-order valence-corrected chi connectivity index (χ2v) is 4.39. The van der Waals surface area contributed by atoms with Crippen LogP contribution in [0.15, 0.2) is 28.7 Å². The molecule has 0 bridgehead atoms. The molecule has 4 nitrogen and oxygen atoms in total. The fraction of sp³-hybridized carbons (Fsp3) is 0.273. The minimum atomic E-state index is -0.593. The summed E-state index contributed by atoms with van der Waals surface area (Å²) in [4.78, 5) is 24.0. The highest BCUT2D eigenvalue weighted by Gasteiger charge is 2.27. The summed E-state index contributed by atoms with van der Waals surface area (Å²) in [6.45, 7) is 0.453. The molecule has 0 radical (unpaired) electrons. The number of amides is 2. The quantitative estimate of drug-likeness (QED) is 0.796. The first-order chi connectivity index (χ1) is 7.66. The normalized spacial score (nSPS) is 15.3. The van der Waals surface area contributed by atoms with Crippen molar-refractivity contribution < 1.29 is 14.3 Å². The Balaban J connectivity index is 2.02. The van der Waals surface area contributed by atoms with E-state index < -0.39 is 6.09 Å². The van der Waals surface area contributed by atoms with Crippen LogP contribution in [0.3, 0.4) is 0 Å². The Morgan fingerprint density at radius 3 is 2.56 bits per heavy atom. The van der Waals surface area contributed by atoms with Crippen LogP contribution in [0.4, 0.5) is 4.79 Å². The standard InChI is InChI=1S/C11H10BrNO3/c12-8-3-5-9(6-4-8)16-11(15)13-7-1-2-10(13)14/h3-6H,1-2,7H2. The van der Waals surface area contributed by atoms with Gasteiger partial charge in [0, 0.05) is 17.4 Å². The molecule has 16 heavy (non-hydrogen) atoms. The molecule has 1 aliphatic rings. The number of nitrogens with zero attached hydrogens (tertiary/aromatic N) is 1. The Kier molecular flexibility index (Phi) is 3.24. The van der Waals surface area contributed by atoms with Crippen molar-refractivity contribution >= 4 is 27.9 Å². The van der Waals surface area contributed by atoms with Gasteiger partial charge in [0.05, 0.1) is 0 Å². The van der Waals surface area contributed by atoms with Crippen LogP contribution in [0.25, 0.3) is 0 Å². The van der Waals surface area contributed by atoms with Gasteiger partial charge in [-0.15, -0.1) is 0 Å². The summed E-state index contributed by atoms with van der Waals surface area (Å²) in [7, 11) is 0. The van der Waals surface area contributed by atoms with E-state index in [2.05, 4.69) is 15.9 Å². The van der Waals surface area contributed by atoms with Gasteiger partial charge >= 0.3 is 6.09 Å². The molecule has 1 aromatic rings. The predicted molar refractivity (Wildman–Crippen MR) is 61.1 cm³/mol. The van der Waals surface area contributed by atoms with Gasteiger partial charge < -0.3 is 4.74 Å². The zero-order valence-electron chi connectivity index (χ0n) is 8.48. The van der Waals surface area contributed by atoms with E-state index in [9.17, 15) is 9.59 Å². The molecule has 0 aliphatic carbocycles. The Labute approximate surface area is 101 Å². The van der Waals surface area contributed by atoms with Crippen LogP contribution in [0.5, 0.6) is 5.75 Å². The highest BCUT2D eigenvalue weighted by Crippen LogP contribution is 2.18. The Morgan fingerprint density at radius 1 is 1.31 bits per heavy atom. The van der Waals surface area contributed by atoms with E-state index in [4.69, 9.17) is 4.74 Å². The molecular weight excluding hydrogens is 274 g/mol. The molecule has 5 heteroatoms. The Hall–Kier alpha value is -1.36. The lowest BCUT2D eigenvalue weighted by atomic mass is 10.3. The minimum Gasteiger partial charge on any atom is -0.410 e. The van der Waals surface area contributed by atoms with E-state index in [1.807, 2.05) is 0 Å². The van der Waals surface area contributed by atoms with Crippen molar-refractivity contribution in [3.8, 4) is 5.75 Å². The molecular formula is C11H10BrNO3. The first-order valence-electron chi connectivity index (χ1n) is 4.94. The van der Waals surface area contributed by atoms with E-state index in [-0.39, 0.29) is 5.91 Å². The van der Waals surface area contributed by atoms with Gasteiger partial charge in [-0.25, -0.2) is 9.69 Å². The molecule has 0 N–H and O–H groups in total. The van der Waals surface area contributed by atoms with Crippen molar-refractivity contribution in [3.05, 3.63) is 28.7 Å². The molecule has 0 saturated carbocycles. The number of benzene rings is 1. The van der Waals surface area contributed by atoms with Crippen LogP contribution in [0, 0.1) is 0 Å². The molecule has 1 aliphatic heterocycles. The Bertz CT molecular complexity index is 416. The lowest BCUT2D eigenvalue weighted by Gasteiger charge is -2.13. The van der Waals surface area contributed by atoms with Gasteiger partial charge in [-0.3, -0.25) is 4.79 Å². The lowest BCUT2D eigenvalue weighted by Crippen LogP contribution is -2.34. The number of carbonyl (C=O) groups is 2. The average molecular weight is 284 g/mol. The molecule has 2 rings (SSSR count). The first-order valence-corrected chi connectivity index (χ1v) is 5.74. The second kappa shape index (κ2) is 4.65. The number of rotatable bonds is 1. The number of hydrogen-bond acceptors (Lipinski definition) is 3. The SMILES string of the molecule is O=C1CCCN1C(=O)Oc1ccc(Br)cc1. The predicted octanol–water partition coefficient (Wildman–Crippen LogP) is 2.57. The van der Waals surface area contributed by atoms with Crippen molar-refractivity contribution in [2.24, 2.45) is 0 Å². The van der Waals surface area contributed by atoms with Crippen LogP contribution < -0.4 is 4.74 Å². The molecule has 0 atom stereocenters. The zero-order chi connectivity index (χ0) is 11.5. The fourth-order valence-electron chi connectivity index (χ4n) is 1.50. The van der Waals surface area contributed by atoms with Crippen LogP contribution in [0.2, 0.25) is 0 Å². The summed E-state index contributed by atoms with van der Waals surface area (Å²) in [5.74, 6) is 0.273. The maximum atomic E-state index is 11.6. The summed E-state index contributed by atoms with van der Waals surface area (Å²) >= 11 is 3.28. The summed E-state index contributed by atoms with van der Waals surface area (Å²) in [5, 5.41) is 0. The van der Waals surface area contributed by atoms with E-state index in [1.54, 1.807) is 24.3 Å². The van der Waals surface area contributed by atoms with Gasteiger partial charge in [0.25, 0.3) is 0 Å². The van der Waals surface area contributed by atoms with Crippen molar-refractivity contribution in [1.82, 2.24) is 4.90 Å². The second-order valence-electron chi connectivity index (χ2n) is 3.47. The monoisotopic (exact) mass is 283 g/mol. The zero-order valence-corrected chi connectivity index (χ0v) is 10.1. The molecule has 0 spiro atoms. The molecule has 0 unspecified atom stereocenters. The van der Waals surface area contributed by atoms with Crippen LogP contribution >= 0.6 is 15.9 Å². The van der Waals surface area contributed by atoms with Gasteiger partial charge in [-0.2, -0.15) is 0 Å². The summed E-state index contributed by atoms with van der Waals surface area (Å²) in [6, 6.07) is 6.88. The molecule has 1 fully saturated rings. The van der Waals surface area contributed by atoms with E-state index in [1.165, 1.54) is 0 Å². The smallest absolute Gasteiger partial charge is 0.410 e. The molecule has 2 amide bonds. The van der Waals surface area contributed by atoms with Crippen LogP contribution in [-0.4, -0.2) is 23.4 Å². The maximum absolute atomic E-state index is 11.6. The number of likely N-dealkylation sites (tertiary alicyclic amines) is 1. The third-order valence-corrected chi connectivity index (χ3v) is 2.84. The highest BCUT2D eigenvalue weighted by atomic mass is 79.9. The molecule has 1 saturated heterocycles. The van der Waals surface area contributed by atoms with Gasteiger partial charge in [-0.1, -0.05) is 15.9 Å². The number of imide groups is 1. The summed E-state index contributed by atoms with van der Waals surface area (Å²) in [6.07, 6.45) is 0.550. The first kappa shape index (κ1) is 11.1. The van der Waals surface area contributed by atoms with E-state index in [0.29, 0.717) is 25.1 Å². The van der Waals surface area contributed by atoms with Gasteiger partial charge in [0.15, 0.2) is 0 Å². The third kappa shape index (κ3) is 2.41. The van der Waals surface area contributed by atoms with Gasteiger partial charge in [0.1, 0.15) is 5.75 Å². The largest absolute Gasteiger partial charge is 0.421 e. The van der Waals surface area contributed by atoms with Gasteiger partial charge in [0.2, 0.25) is 5.91 Å². The van der Waals surface area contributed by atoms with E-state index in [0.717, 1.165) is 9.37 Å². The number of ether oxygens (including phenoxy) is 1. The van der Waals surface area contributed by atoms with Crippen LogP contribution in [0.1, 0.15) is 12.8 Å². The lowest BCUT2D eigenvalue weighted by molar-refractivity contribution is -0.125. The third-order valence-electron chi connectivity index (χ3n) is 2.31. The summed E-state index contributed by atoms with van der Waals surface area (Å²) in [5.41, 5.74) is 0. The topological polar surface area (TPSA) is 46.6 Å². The summed E-state index contributed by atoms with van der Waals surface area (Å²) < 4.78 is 5.98. The van der Waals surface area contributed by atoms with Crippen molar-refractivity contribution in [1.29, 1.82) is 0 Å². The molecule has 0 aromatic heterocycles. The highest BCUT2D eigenvalue weighted by molar-refractivity contribution is 9.10. The van der Waals surface area contributed by atoms with Crippen molar-refractivity contribution in [2.75, 3.05) is 6.54 Å². The fourth-order valence-corrected chi connectivity index (χ4v) is 1.76. The molecule has 84 valence electrons. The average Bonchev–Trinajstić information content (AvgIpc) is 2.68. The van der Waals surface area contributed by atoms with Crippen LogP contribution in [-0.2, 0) is 4.79 Å². The van der Waals surface area contributed by atoms with E-state index >= 15 is 0 Å². The Morgan fingerprint density at radius 2 is 2.00 bits per heavy atom. The number of hydrogen-bond donors (Lipinski definition) is 0. The van der Waals surface area contributed by atoms with Gasteiger partial charge in [-0.05, 0) is 30.7 Å². The minimum absolute atomic E-state index is 0.165.